The molecule has 0 radical (unpaired) electrons. The van der Waals surface area contributed by atoms with Crippen molar-refractivity contribution in [1.29, 1.82) is 0 Å². The van der Waals surface area contributed by atoms with E-state index in [1.807, 2.05) is 0 Å². The average molecular weight is 246 g/mol. The molecule has 100 valence electrons. The van der Waals surface area contributed by atoms with Crippen molar-refractivity contribution >= 4 is 5.69 Å². The normalized spacial score (nSPS) is 25.0. The molecule has 0 amide bonds. The largest absolute Gasteiger partial charge is 0.369 e. The molecule has 1 fully saturated rings. The van der Waals surface area contributed by atoms with E-state index < -0.39 is 0 Å². The lowest BCUT2D eigenvalue weighted by atomic mass is 9.98. The first kappa shape index (κ1) is 13.4. The highest BCUT2D eigenvalue weighted by molar-refractivity contribution is 5.55. The Morgan fingerprint density at radius 2 is 2.11 bits per heavy atom. The van der Waals surface area contributed by atoms with Crippen LogP contribution in [0.3, 0.4) is 0 Å². The Hall–Kier alpha value is -1.02. The average Bonchev–Trinajstić information content (AvgIpc) is 2.55. The van der Waals surface area contributed by atoms with E-state index in [0.717, 1.165) is 19.6 Å². The van der Waals surface area contributed by atoms with Crippen molar-refractivity contribution in [2.24, 2.45) is 0 Å². The van der Waals surface area contributed by atoms with Crippen LogP contribution >= 0.6 is 0 Å². The van der Waals surface area contributed by atoms with Gasteiger partial charge in [-0.2, -0.15) is 0 Å². The molecule has 1 aliphatic rings. The molecule has 0 aliphatic carbocycles. The van der Waals surface area contributed by atoms with Crippen molar-refractivity contribution in [2.45, 2.75) is 46.1 Å². The smallest absolute Gasteiger partial charge is 0.0399 e. The second-order valence-corrected chi connectivity index (χ2v) is 5.91. The van der Waals surface area contributed by atoms with Crippen LogP contribution in [-0.4, -0.2) is 25.2 Å². The fourth-order valence-electron chi connectivity index (χ4n) is 2.72. The number of nitrogens with one attached hydrogen (secondary N) is 1. The van der Waals surface area contributed by atoms with Crippen LogP contribution in [0.5, 0.6) is 0 Å². The first-order chi connectivity index (χ1) is 8.54. The van der Waals surface area contributed by atoms with Crippen molar-refractivity contribution in [3.05, 3.63) is 29.3 Å². The molecular weight excluding hydrogens is 220 g/mol. The number of benzene rings is 1. The summed E-state index contributed by atoms with van der Waals surface area (Å²) in [5.41, 5.74) is 4.40. The van der Waals surface area contributed by atoms with Gasteiger partial charge in [0.1, 0.15) is 0 Å². The van der Waals surface area contributed by atoms with Gasteiger partial charge in [-0.15, -0.1) is 0 Å². The highest BCUT2D eigenvalue weighted by atomic mass is 15.2. The molecule has 0 aromatic heterocycles. The van der Waals surface area contributed by atoms with Crippen LogP contribution in [-0.2, 0) is 0 Å². The van der Waals surface area contributed by atoms with E-state index in [0.29, 0.717) is 0 Å². The summed E-state index contributed by atoms with van der Waals surface area (Å²) in [5, 5.41) is 3.70. The molecule has 2 heteroatoms. The molecular formula is C16H26N2. The van der Waals surface area contributed by atoms with Gasteiger partial charge in [-0.1, -0.05) is 19.1 Å². The van der Waals surface area contributed by atoms with Gasteiger partial charge in [0, 0.05) is 24.3 Å². The van der Waals surface area contributed by atoms with E-state index >= 15 is 0 Å². The number of anilines is 1. The topological polar surface area (TPSA) is 15.3 Å². The SMILES string of the molecule is CCC1(C)CN(c2cc(C)ccc2C)CCCN1. The predicted octanol–water partition coefficient (Wildman–Crippen LogP) is 3.27. The Labute approximate surface area is 111 Å². The van der Waals surface area contributed by atoms with Gasteiger partial charge in [-0.3, -0.25) is 0 Å². The highest BCUT2D eigenvalue weighted by Crippen LogP contribution is 2.26. The summed E-state index contributed by atoms with van der Waals surface area (Å²) in [6.07, 6.45) is 2.40. The van der Waals surface area contributed by atoms with Gasteiger partial charge in [0.25, 0.3) is 0 Å². The molecule has 1 aromatic rings. The van der Waals surface area contributed by atoms with E-state index in [4.69, 9.17) is 0 Å². The van der Waals surface area contributed by atoms with Gasteiger partial charge in [0.05, 0.1) is 0 Å². The van der Waals surface area contributed by atoms with Crippen molar-refractivity contribution < 1.29 is 0 Å². The quantitative estimate of drug-likeness (QED) is 0.861. The third-order valence-electron chi connectivity index (χ3n) is 4.18. The van der Waals surface area contributed by atoms with Gasteiger partial charge in [0.15, 0.2) is 0 Å². The third-order valence-corrected chi connectivity index (χ3v) is 4.18. The summed E-state index contributed by atoms with van der Waals surface area (Å²) in [6.45, 7) is 12.4. The summed E-state index contributed by atoms with van der Waals surface area (Å²) >= 11 is 0. The summed E-state index contributed by atoms with van der Waals surface area (Å²) in [5.74, 6) is 0. The second kappa shape index (κ2) is 5.31. The summed E-state index contributed by atoms with van der Waals surface area (Å²) in [6, 6.07) is 6.77. The first-order valence-corrected chi connectivity index (χ1v) is 7.11. The van der Waals surface area contributed by atoms with Crippen LogP contribution in [0.15, 0.2) is 18.2 Å². The van der Waals surface area contributed by atoms with E-state index in [1.54, 1.807) is 0 Å². The molecule has 18 heavy (non-hydrogen) atoms. The van der Waals surface area contributed by atoms with Crippen molar-refractivity contribution in [1.82, 2.24) is 5.32 Å². The fourth-order valence-corrected chi connectivity index (χ4v) is 2.72. The van der Waals surface area contributed by atoms with Gasteiger partial charge in [-0.05, 0) is 57.4 Å². The minimum Gasteiger partial charge on any atom is -0.369 e. The minimum absolute atomic E-state index is 0.243. The van der Waals surface area contributed by atoms with E-state index in [1.165, 1.54) is 29.7 Å². The van der Waals surface area contributed by atoms with Crippen molar-refractivity contribution in [3.8, 4) is 0 Å². The lowest BCUT2D eigenvalue weighted by Crippen LogP contribution is -2.48. The number of nitrogens with zero attached hydrogens (tertiary/aromatic N) is 1. The molecule has 0 bridgehead atoms. The predicted molar refractivity (Wildman–Crippen MR) is 79.4 cm³/mol. The number of hydrogen-bond donors (Lipinski definition) is 1. The number of aryl methyl sites for hydroxylation is 2. The summed E-state index contributed by atoms with van der Waals surface area (Å²) in [4.78, 5) is 2.56. The zero-order valence-corrected chi connectivity index (χ0v) is 12.2. The second-order valence-electron chi connectivity index (χ2n) is 5.91. The molecule has 2 rings (SSSR count). The Morgan fingerprint density at radius 3 is 2.83 bits per heavy atom. The molecule has 1 aliphatic heterocycles. The van der Waals surface area contributed by atoms with Crippen molar-refractivity contribution in [3.63, 3.8) is 0 Å². The Balaban J connectivity index is 2.28. The maximum atomic E-state index is 3.70. The summed E-state index contributed by atoms with van der Waals surface area (Å²) in [7, 11) is 0. The maximum Gasteiger partial charge on any atom is 0.0399 e. The zero-order valence-electron chi connectivity index (χ0n) is 12.2. The molecule has 1 aromatic carbocycles. The maximum absolute atomic E-state index is 3.70. The Morgan fingerprint density at radius 1 is 1.33 bits per heavy atom. The lowest BCUT2D eigenvalue weighted by Gasteiger charge is -2.34. The number of hydrogen-bond acceptors (Lipinski definition) is 2. The zero-order chi connectivity index (χ0) is 13.2. The monoisotopic (exact) mass is 246 g/mol. The minimum atomic E-state index is 0.243. The lowest BCUT2D eigenvalue weighted by molar-refractivity contribution is 0.366. The molecule has 1 heterocycles. The van der Waals surface area contributed by atoms with Gasteiger partial charge in [0.2, 0.25) is 0 Å². The Bertz CT molecular complexity index is 414. The fraction of sp³-hybridized carbons (Fsp3) is 0.625. The van der Waals surface area contributed by atoms with Gasteiger partial charge in [-0.25, -0.2) is 0 Å². The van der Waals surface area contributed by atoms with Gasteiger partial charge < -0.3 is 10.2 Å². The van der Waals surface area contributed by atoms with Crippen LogP contribution in [0.4, 0.5) is 5.69 Å². The van der Waals surface area contributed by atoms with Crippen LogP contribution in [0.1, 0.15) is 37.8 Å². The number of rotatable bonds is 2. The van der Waals surface area contributed by atoms with Crippen LogP contribution in [0.2, 0.25) is 0 Å². The van der Waals surface area contributed by atoms with E-state index in [9.17, 15) is 0 Å². The summed E-state index contributed by atoms with van der Waals surface area (Å²) < 4.78 is 0. The molecule has 0 saturated carbocycles. The van der Waals surface area contributed by atoms with E-state index in [-0.39, 0.29) is 5.54 Å². The van der Waals surface area contributed by atoms with E-state index in [2.05, 4.69) is 56.1 Å². The van der Waals surface area contributed by atoms with Crippen LogP contribution in [0.25, 0.3) is 0 Å². The third kappa shape index (κ3) is 2.86. The highest BCUT2D eigenvalue weighted by Gasteiger charge is 2.27. The molecule has 1 N–H and O–H groups in total. The van der Waals surface area contributed by atoms with Gasteiger partial charge >= 0.3 is 0 Å². The van der Waals surface area contributed by atoms with Crippen LogP contribution < -0.4 is 10.2 Å². The van der Waals surface area contributed by atoms with Crippen LogP contribution in [0, 0.1) is 13.8 Å². The standard InChI is InChI=1S/C16H26N2/c1-5-16(4)12-18(10-6-9-17-16)15-11-13(2)7-8-14(15)3/h7-8,11,17H,5-6,9-10,12H2,1-4H3. The Kier molecular flexibility index (Phi) is 3.96. The molecule has 1 atom stereocenters. The molecule has 0 spiro atoms. The molecule has 2 nitrogen and oxygen atoms in total. The van der Waals surface area contributed by atoms with Crippen molar-refractivity contribution in [2.75, 3.05) is 24.5 Å². The first-order valence-electron chi connectivity index (χ1n) is 7.11. The molecule has 1 saturated heterocycles. The molecule has 1 unspecified atom stereocenters.